The number of nitrogens with one attached hydrogen (secondary N) is 1. The van der Waals surface area contributed by atoms with E-state index in [2.05, 4.69) is 15.0 Å². The highest BCUT2D eigenvalue weighted by Crippen LogP contribution is 2.36. The molecule has 2 rings (SSSR count). The van der Waals surface area contributed by atoms with Gasteiger partial charge in [0.15, 0.2) is 23.2 Å². The third-order valence-corrected chi connectivity index (χ3v) is 2.98. The maximum absolute atomic E-state index is 11.9. The number of aliphatic imine (C=N–C) groups is 1. The number of H-pyrrole nitrogens is 1. The number of aryl methyl sites for hydroxylation is 1. The molecule has 1 amide bonds. The van der Waals surface area contributed by atoms with Gasteiger partial charge in [0.1, 0.15) is 5.82 Å². The second kappa shape index (κ2) is 12.0. The smallest absolute Gasteiger partial charge is 0.300 e. The Morgan fingerprint density at radius 3 is 1.97 bits per heavy atom. The molecule has 0 aliphatic heterocycles. The Hall–Kier alpha value is -3.21. The molecule has 0 unspecified atom stereocenters. The number of aromatic amines is 1. The Labute approximate surface area is 185 Å². The van der Waals surface area contributed by atoms with Crippen LogP contribution >= 0.6 is 0 Å². The molecule has 0 saturated carbocycles. The summed E-state index contributed by atoms with van der Waals surface area (Å²) in [6, 6.07) is 5.37. The van der Waals surface area contributed by atoms with Gasteiger partial charge in [0.05, 0.1) is 32.3 Å². The van der Waals surface area contributed by atoms with Gasteiger partial charge in [-0.15, -0.1) is 0 Å². The number of guanidine groups is 1. The SMILES string of the molecule is COc1cccc(-c2nc(C(=O)N=C(N)N)c(C)[nH]2)c1OC.CS(=O)(=O)O.CS(=O)(=O)O. The number of benzene rings is 1. The first-order chi connectivity index (χ1) is 14.5. The highest BCUT2D eigenvalue weighted by molar-refractivity contribution is 7.85. The number of rotatable bonds is 4. The summed E-state index contributed by atoms with van der Waals surface area (Å²) in [5, 5.41) is 0. The highest BCUT2D eigenvalue weighted by Gasteiger charge is 2.19. The van der Waals surface area contributed by atoms with Gasteiger partial charge in [-0.2, -0.15) is 21.8 Å². The second-order valence-corrected chi connectivity index (χ2v) is 8.84. The first-order valence-corrected chi connectivity index (χ1v) is 11.9. The van der Waals surface area contributed by atoms with Gasteiger partial charge in [0.25, 0.3) is 20.2 Å². The zero-order valence-electron chi connectivity index (χ0n) is 17.8. The summed E-state index contributed by atoms with van der Waals surface area (Å²) in [5.74, 6) is 0.614. The number of imidazole rings is 1. The van der Waals surface area contributed by atoms with Crippen LogP contribution in [0.4, 0.5) is 0 Å². The lowest BCUT2D eigenvalue weighted by molar-refractivity contribution is 0.0998. The Morgan fingerprint density at radius 1 is 1.06 bits per heavy atom. The normalized spacial score (nSPS) is 10.6. The molecule has 0 bridgehead atoms. The molecule has 0 atom stereocenters. The zero-order valence-corrected chi connectivity index (χ0v) is 19.5. The van der Waals surface area contributed by atoms with Gasteiger partial charge in [-0.05, 0) is 19.1 Å². The van der Waals surface area contributed by atoms with Gasteiger partial charge in [-0.3, -0.25) is 13.9 Å². The number of nitrogens with two attached hydrogens (primary N) is 2. The van der Waals surface area contributed by atoms with E-state index in [0.717, 1.165) is 0 Å². The number of ether oxygens (including phenoxy) is 2. The van der Waals surface area contributed by atoms with Crippen molar-refractivity contribution in [2.75, 3.05) is 26.7 Å². The average molecular weight is 496 g/mol. The molecular formula is C16H25N5O9S2. The monoisotopic (exact) mass is 495 g/mol. The maximum Gasteiger partial charge on any atom is 0.300 e. The predicted octanol–water partition coefficient (Wildman–Crippen LogP) is -0.176. The van der Waals surface area contributed by atoms with Crippen molar-refractivity contribution in [1.29, 1.82) is 0 Å². The number of hydrogen-bond donors (Lipinski definition) is 5. The van der Waals surface area contributed by atoms with Crippen molar-refractivity contribution < 1.29 is 40.2 Å². The largest absolute Gasteiger partial charge is 0.493 e. The van der Waals surface area contributed by atoms with Crippen LogP contribution < -0.4 is 20.9 Å². The fourth-order valence-corrected chi connectivity index (χ4v) is 2.04. The number of carbonyl (C=O) groups is 1. The van der Waals surface area contributed by atoms with Crippen LogP contribution in [0.15, 0.2) is 23.2 Å². The number of amides is 1. The molecule has 180 valence electrons. The molecule has 32 heavy (non-hydrogen) atoms. The van der Waals surface area contributed by atoms with Gasteiger partial charge in [0, 0.05) is 5.69 Å². The third kappa shape index (κ3) is 11.8. The van der Waals surface area contributed by atoms with Crippen LogP contribution in [0.25, 0.3) is 11.4 Å². The molecule has 7 N–H and O–H groups in total. The summed E-state index contributed by atoms with van der Waals surface area (Å²) < 4.78 is 62.3. The van der Waals surface area contributed by atoms with Crippen LogP contribution in [0.5, 0.6) is 11.5 Å². The average Bonchev–Trinajstić information content (AvgIpc) is 2.99. The minimum atomic E-state index is -3.67. The van der Waals surface area contributed by atoms with E-state index in [1.165, 1.54) is 7.11 Å². The van der Waals surface area contributed by atoms with E-state index in [-0.39, 0.29) is 11.7 Å². The van der Waals surface area contributed by atoms with E-state index < -0.39 is 26.1 Å². The van der Waals surface area contributed by atoms with E-state index in [9.17, 15) is 21.6 Å². The molecule has 16 heteroatoms. The van der Waals surface area contributed by atoms with Crippen LogP contribution in [-0.2, 0) is 20.2 Å². The first-order valence-electron chi connectivity index (χ1n) is 8.24. The minimum absolute atomic E-state index is 0.147. The summed E-state index contributed by atoms with van der Waals surface area (Å²) in [4.78, 5) is 22.7. The van der Waals surface area contributed by atoms with Crippen molar-refractivity contribution >= 4 is 32.1 Å². The van der Waals surface area contributed by atoms with E-state index >= 15 is 0 Å². The molecule has 2 aromatic rings. The molecule has 0 fully saturated rings. The van der Waals surface area contributed by atoms with Crippen molar-refractivity contribution in [2.24, 2.45) is 16.5 Å². The number of para-hydroxylation sites is 1. The fourth-order valence-electron chi connectivity index (χ4n) is 2.04. The molecule has 0 radical (unpaired) electrons. The van der Waals surface area contributed by atoms with E-state index in [1.54, 1.807) is 32.2 Å². The van der Waals surface area contributed by atoms with E-state index in [0.29, 0.717) is 41.1 Å². The first kappa shape index (κ1) is 28.8. The molecule has 0 aliphatic rings. The highest BCUT2D eigenvalue weighted by atomic mass is 32.2. The number of methoxy groups -OCH3 is 2. The van der Waals surface area contributed by atoms with Crippen molar-refractivity contribution in [3.05, 3.63) is 29.6 Å². The Morgan fingerprint density at radius 2 is 1.56 bits per heavy atom. The van der Waals surface area contributed by atoms with Crippen LogP contribution in [0.3, 0.4) is 0 Å². The lowest BCUT2D eigenvalue weighted by Gasteiger charge is -2.10. The van der Waals surface area contributed by atoms with Crippen LogP contribution in [0, 0.1) is 6.92 Å². The summed E-state index contributed by atoms with van der Waals surface area (Å²) in [6.07, 6.45) is 1.43. The molecule has 1 aromatic carbocycles. The van der Waals surface area contributed by atoms with Crippen LogP contribution in [0.1, 0.15) is 16.2 Å². The Bertz CT molecular complexity index is 1120. The fraction of sp³-hybridized carbons (Fsp3) is 0.312. The molecule has 1 heterocycles. The minimum Gasteiger partial charge on any atom is -0.493 e. The second-order valence-electron chi connectivity index (χ2n) is 5.91. The summed E-state index contributed by atoms with van der Waals surface area (Å²) in [7, 11) is -4.26. The van der Waals surface area contributed by atoms with Gasteiger partial charge in [0.2, 0.25) is 0 Å². The topological polar surface area (TPSA) is 237 Å². The van der Waals surface area contributed by atoms with Crippen LogP contribution in [-0.4, -0.2) is 74.5 Å². The quantitative estimate of drug-likeness (QED) is 0.211. The number of hydrogen-bond acceptors (Lipinski definition) is 8. The van der Waals surface area contributed by atoms with Gasteiger partial charge < -0.3 is 25.9 Å². The van der Waals surface area contributed by atoms with Gasteiger partial charge >= 0.3 is 5.91 Å². The molecule has 14 nitrogen and oxygen atoms in total. The standard InChI is InChI=1S/C14H17N5O3.2CH4O3S/c1-7-10(13(20)19-14(15)16)18-12(17-7)8-5-4-6-9(21-2)11(8)22-3;2*1-5(2,3)4/h4-6H,1-3H3,(H,17,18)(H4,15,16,19,20);2*1H3,(H,2,3,4). The van der Waals surface area contributed by atoms with Gasteiger partial charge in [-0.25, -0.2) is 4.98 Å². The van der Waals surface area contributed by atoms with E-state index in [1.807, 2.05) is 0 Å². The van der Waals surface area contributed by atoms with Crippen LogP contribution in [0.2, 0.25) is 0 Å². The molecule has 0 aliphatic carbocycles. The molecule has 0 spiro atoms. The number of aromatic nitrogens is 2. The lowest BCUT2D eigenvalue weighted by Crippen LogP contribution is -2.24. The number of nitrogens with zero attached hydrogens (tertiary/aromatic N) is 2. The van der Waals surface area contributed by atoms with Crippen molar-refractivity contribution in [2.45, 2.75) is 6.92 Å². The van der Waals surface area contributed by atoms with Gasteiger partial charge in [-0.1, -0.05) is 6.07 Å². The summed E-state index contributed by atoms with van der Waals surface area (Å²) in [5.41, 5.74) is 11.8. The number of carbonyl (C=O) groups excluding carboxylic acids is 1. The molecule has 0 saturated heterocycles. The molecule has 1 aromatic heterocycles. The Kier molecular flexibility index (Phi) is 10.8. The van der Waals surface area contributed by atoms with Crippen molar-refractivity contribution in [1.82, 2.24) is 9.97 Å². The third-order valence-electron chi connectivity index (χ3n) is 2.98. The lowest BCUT2D eigenvalue weighted by atomic mass is 10.1. The zero-order chi connectivity index (χ0) is 25.3. The Balaban J connectivity index is 0.000000805. The maximum atomic E-state index is 11.9. The summed E-state index contributed by atoms with van der Waals surface area (Å²) in [6.45, 7) is 1.71. The predicted molar refractivity (Wildman–Crippen MR) is 117 cm³/mol. The van der Waals surface area contributed by atoms with Crippen molar-refractivity contribution in [3.8, 4) is 22.9 Å². The molecular weight excluding hydrogens is 470 g/mol. The van der Waals surface area contributed by atoms with E-state index in [4.69, 9.17) is 30.0 Å². The van der Waals surface area contributed by atoms with Crippen molar-refractivity contribution in [3.63, 3.8) is 0 Å². The summed E-state index contributed by atoms with van der Waals surface area (Å²) >= 11 is 0.